The Morgan fingerprint density at radius 3 is 2.76 bits per heavy atom. The van der Waals surface area contributed by atoms with E-state index in [-0.39, 0.29) is 17.3 Å². The van der Waals surface area contributed by atoms with Crippen molar-refractivity contribution in [3.05, 3.63) is 0 Å². The predicted molar refractivity (Wildman–Crippen MR) is 60.3 cm³/mol. The second-order valence-corrected chi connectivity index (χ2v) is 5.33. The molecule has 4 heteroatoms. The lowest BCUT2D eigenvalue weighted by Crippen LogP contribution is -2.42. The molecule has 0 aromatic carbocycles. The Kier molecular flexibility index (Phi) is 2.67. The van der Waals surface area contributed by atoms with Gasteiger partial charge in [-0.1, -0.05) is 6.42 Å². The topological polar surface area (TPSA) is 44.8 Å². The molecular formula is C13H20O4. The molecular weight excluding hydrogens is 220 g/mol. The summed E-state index contributed by atoms with van der Waals surface area (Å²) in [5.74, 6) is -0.293. The summed E-state index contributed by atoms with van der Waals surface area (Å²) in [6.07, 6.45) is 4.74. The largest absolute Gasteiger partial charge is 0.466 e. The molecule has 0 aromatic heterocycles. The SMILES string of the molecule is CCOC(=O)C12CCCC1C1(CC2)OCCO1. The summed E-state index contributed by atoms with van der Waals surface area (Å²) in [6.45, 7) is 3.65. The Bertz CT molecular complexity index is 321. The van der Waals surface area contributed by atoms with Crippen molar-refractivity contribution < 1.29 is 19.0 Å². The molecule has 3 aliphatic rings. The van der Waals surface area contributed by atoms with E-state index in [1.807, 2.05) is 6.92 Å². The van der Waals surface area contributed by atoms with Crippen LogP contribution in [0.3, 0.4) is 0 Å². The number of hydrogen-bond acceptors (Lipinski definition) is 4. The Morgan fingerprint density at radius 2 is 2.06 bits per heavy atom. The third-order valence-corrected chi connectivity index (χ3v) is 4.69. The molecule has 1 aliphatic heterocycles. The van der Waals surface area contributed by atoms with Crippen molar-refractivity contribution in [1.29, 1.82) is 0 Å². The van der Waals surface area contributed by atoms with Gasteiger partial charge in [-0.3, -0.25) is 4.79 Å². The highest BCUT2D eigenvalue weighted by Crippen LogP contribution is 2.61. The summed E-state index contributed by atoms with van der Waals surface area (Å²) in [7, 11) is 0. The summed E-state index contributed by atoms with van der Waals surface area (Å²) in [5, 5.41) is 0. The zero-order valence-corrected chi connectivity index (χ0v) is 10.4. The normalized spacial score (nSPS) is 38.5. The Balaban J connectivity index is 1.88. The van der Waals surface area contributed by atoms with Crippen molar-refractivity contribution >= 4 is 5.97 Å². The van der Waals surface area contributed by atoms with Crippen LogP contribution in [0, 0.1) is 11.3 Å². The molecule has 1 heterocycles. The van der Waals surface area contributed by atoms with E-state index in [1.165, 1.54) is 0 Å². The van der Waals surface area contributed by atoms with Crippen molar-refractivity contribution in [3.63, 3.8) is 0 Å². The lowest BCUT2D eigenvalue weighted by molar-refractivity contribution is -0.196. The minimum absolute atomic E-state index is 0.0292. The average Bonchev–Trinajstić information content (AvgIpc) is 3.00. The van der Waals surface area contributed by atoms with Crippen molar-refractivity contribution in [3.8, 4) is 0 Å². The van der Waals surface area contributed by atoms with E-state index in [0.717, 1.165) is 32.1 Å². The van der Waals surface area contributed by atoms with Crippen LogP contribution >= 0.6 is 0 Å². The van der Waals surface area contributed by atoms with E-state index in [0.29, 0.717) is 19.8 Å². The van der Waals surface area contributed by atoms with Crippen LogP contribution < -0.4 is 0 Å². The van der Waals surface area contributed by atoms with Crippen LogP contribution in [-0.4, -0.2) is 31.6 Å². The lowest BCUT2D eigenvalue weighted by atomic mass is 9.79. The predicted octanol–water partition coefficient (Wildman–Crippen LogP) is 1.87. The van der Waals surface area contributed by atoms with E-state index < -0.39 is 5.79 Å². The smallest absolute Gasteiger partial charge is 0.312 e. The average molecular weight is 240 g/mol. The third kappa shape index (κ3) is 1.47. The fourth-order valence-corrected chi connectivity index (χ4v) is 4.02. The first kappa shape index (κ1) is 11.5. The lowest BCUT2D eigenvalue weighted by Gasteiger charge is -2.33. The maximum atomic E-state index is 12.3. The minimum Gasteiger partial charge on any atom is -0.466 e. The number of esters is 1. The molecule has 96 valence electrons. The molecule has 0 bridgehead atoms. The highest BCUT2D eigenvalue weighted by Gasteiger charge is 2.65. The van der Waals surface area contributed by atoms with Gasteiger partial charge < -0.3 is 14.2 Å². The molecule has 17 heavy (non-hydrogen) atoms. The molecule has 1 saturated heterocycles. The second-order valence-electron chi connectivity index (χ2n) is 5.33. The molecule has 3 rings (SSSR count). The van der Waals surface area contributed by atoms with E-state index in [1.54, 1.807) is 0 Å². The number of hydrogen-bond donors (Lipinski definition) is 0. The molecule has 0 aromatic rings. The van der Waals surface area contributed by atoms with Crippen LogP contribution in [0.2, 0.25) is 0 Å². The van der Waals surface area contributed by atoms with Gasteiger partial charge in [-0.25, -0.2) is 0 Å². The molecule has 2 aliphatic carbocycles. The second kappa shape index (κ2) is 3.95. The number of carbonyl (C=O) groups is 1. The van der Waals surface area contributed by atoms with Crippen LogP contribution in [0.1, 0.15) is 39.0 Å². The monoisotopic (exact) mass is 240 g/mol. The summed E-state index contributed by atoms with van der Waals surface area (Å²) >= 11 is 0. The molecule has 2 atom stereocenters. The van der Waals surface area contributed by atoms with E-state index in [9.17, 15) is 4.79 Å². The Morgan fingerprint density at radius 1 is 1.29 bits per heavy atom. The fourth-order valence-electron chi connectivity index (χ4n) is 4.02. The van der Waals surface area contributed by atoms with Crippen molar-refractivity contribution in [2.75, 3.05) is 19.8 Å². The van der Waals surface area contributed by atoms with Gasteiger partial charge in [0.05, 0.1) is 25.2 Å². The molecule has 4 nitrogen and oxygen atoms in total. The fraction of sp³-hybridized carbons (Fsp3) is 0.923. The molecule has 0 radical (unpaired) electrons. The first-order valence-electron chi connectivity index (χ1n) is 6.69. The Labute approximate surface area is 102 Å². The molecule has 1 spiro atoms. The first-order chi connectivity index (χ1) is 8.23. The number of rotatable bonds is 2. The number of carbonyl (C=O) groups excluding carboxylic acids is 1. The summed E-state index contributed by atoms with van der Waals surface area (Å²) in [5.41, 5.74) is -0.319. The highest BCUT2D eigenvalue weighted by atomic mass is 16.7. The Hall–Kier alpha value is -0.610. The van der Waals surface area contributed by atoms with Crippen LogP contribution in [-0.2, 0) is 19.0 Å². The third-order valence-electron chi connectivity index (χ3n) is 4.69. The van der Waals surface area contributed by atoms with Crippen molar-refractivity contribution in [2.45, 2.75) is 44.8 Å². The molecule has 3 fully saturated rings. The maximum Gasteiger partial charge on any atom is 0.312 e. The standard InChI is InChI=1S/C13H20O4/c1-2-15-11(14)12-5-3-4-10(12)13(7-6-12)16-8-9-17-13/h10H,2-9H2,1H3. The number of fused-ring (bicyclic) bond motifs is 2. The van der Waals surface area contributed by atoms with E-state index >= 15 is 0 Å². The van der Waals surface area contributed by atoms with Gasteiger partial charge in [-0.2, -0.15) is 0 Å². The molecule has 0 amide bonds. The zero-order chi connectivity index (χ0) is 11.9. The van der Waals surface area contributed by atoms with Gasteiger partial charge >= 0.3 is 5.97 Å². The van der Waals surface area contributed by atoms with Gasteiger partial charge in [0.25, 0.3) is 0 Å². The van der Waals surface area contributed by atoms with E-state index in [4.69, 9.17) is 14.2 Å². The van der Waals surface area contributed by atoms with Gasteiger partial charge in [0.1, 0.15) is 0 Å². The van der Waals surface area contributed by atoms with Crippen molar-refractivity contribution in [2.24, 2.45) is 11.3 Å². The van der Waals surface area contributed by atoms with Gasteiger partial charge in [0, 0.05) is 12.3 Å². The summed E-state index contributed by atoms with van der Waals surface area (Å²) in [4.78, 5) is 12.3. The number of ether oxygens (including phenoxy) is 3. The van der Waals surface area contributed by atoms with Gasteiger partial charge in [-0.15, -0.1) is 0 Å². The van der Waals surface area contributed by atoms with Crippen LogP contribution in [0.15, 0.2) is 0 Å². The van der Waals surface area contributed by atoms with Crippen molar-refractivity contribution in [1.82, 2.24) is 0 Å². The zero-order valence-electron chi connectivity index (χ0n) is 10.4. The summed E-state index contributed by atoms with van der Waals surface area (Å²) in [6, 6.07) is 0. The molecule has 2 unspecified atom stereocenters. The van der Waals surface area contributed by atoms with E-state index in [2.05, 4.69) is 0 Å². The van der Waals surface area contributed by atoms with Crippen LogP contribution in [0.4, 0.5) is 0 Å². The van der Waals surface area contributed by atoms with Crippen LogP contribution in [0.5, 0.6) is 0 Å². The van der Waals surface area contributed by atoms with Crippen LogP contribution in [0.25, 0.3) is 0 Å². The van der Waals surface area contributed by atoms with Gasteiger partial charge in [-0.05, 0) is 26.2 Å². The first-order valence-corrected chi connectivity index (χ1v) is 6.69. The molecule has 0 N–H and O–H groups in total. The highest BCUT2D eigenvalue weighted by molar-refractivity contribution is 5.78. The molecule has 2 saturated carbocycles. The maximum absolute atomic E-state index is 12.3. The quantitative estimate of drug-likeness (QED) is 0.691. The minimum atomic E-state index is -0.469. The summed E-state index contributed by atoms with van der Waals surface area (Å²) < 4.78 is 17.0. The van der Waals surface area contributed by atoms with Gasteiger partial charge in [0.15, 0.2) is 5.79 Å². The van der Waals surface area contributed by atoms with Gasteiger partial charge in [0.2, 0.25) is 0 Å².